The molecule has 0 aromatic carbocycles. The maximum atomic E-state index is 5.25. The van der Waals surface area contributed by atoms with Gasteiger partial charge >= 0.3 is 0 Å². The second-order valence-electron chi connectivity index (χ2n) is 2.53. The first-order valence-electron chi connectivity index (χ1n) is 3.16. The van der Waals surface area contributed by atoms with Gasteiger partial charge in [0.2, 0.25) is 0 Å². The molecule has 2 heteroatoms. The molecule has 0 radical (unpaired) electrons. The van der Waals surface area contributed by atoms with Gasteiger partial charge in [0.15, 0.2) is 0 Å². The summed E-state index contributed by atoms with van der Waals surface area (Å²) in [5, 5.41) is 0. The Bertz CT molecular complexity index is 80.5. The van der Waals surface area contributed by atoms with Gasteiger partial charge in [-0.1, -0.05) is 0 Å². The van der Waals surface area contributed by atoms with Crippen molar-refractivity contribution in [3.63, 3.8) is 0 Å². The molecule has 2 unspecified atom stereocenters. The predicted octanol–water partition coefficient (Wildman–Crippen LogP) is 0.769. The Morgan fingerprint density at radius 2 is 2.25 bits per heavy atom. The molecule has 2 atom stereocenters. The van der Waals surface area contributed by atoms with Gasteiger partial charge in [-0.15, -0.1) is 0 Å². The van der Waals surface area contributed by atoms with Gasteiger partial charge in [-0.25, -0.2) is 0 Å². The summed E-state index contributed by atoms with van der Waals surface area (Å²) >= 11 is 0. The van der Waals surface area contributed by atoms with E-state index in [0.29, 0.717) is 12.9 Å². The topological polar surface area (TPSA) is 18.5 Å². The molecule has 1 aliphatic heterocycles. The van der Waals surface area contributed by atoms with E-state index in [1.54, 1.807) is 0 Å². The van der Waals surface area contributed by atoms with E-state index in [1.165, 1.54) is 12.8 Å². The second kappa shape index (κ2) is 1.71. The number of rotatable bonds is 0. The lowest BCUT2D eigenvalue weighted by molar-refractivity contribution is -0.203. The van der Waals surface area contributed by atoms with E-state index in [1.807, 2.05) is 0 Å². The second-order valence-corrected chi connectivity index (χ2v) is 2.53. The highest BCUT2D eigenvalue weighted by molar-refractivity contribution is 4.82. The van der Waals surface area contributed by atoms with Crippen molar-refractivity contribution in [1.29, 1.82) is 0 Å². The lowest BCUT2D eigenvalue weighted by Gasteiger charge is -2.39. The summed E-state index contributed by atoms with van der Waals surface area (Å²) < 4.78 is 10.3. The van der Waals surface area contributed by atoms with Crippen LogP contribution in [0.5, 0.6) is 0 Å². The number of hydrogen-bond acceptors (Lipinski definition) is 2. The quantitative estimate of drug-likeness (QED) is 0.463. The van der Waals surface area contributed by atoms with E-state index >= 15 is 0 Å². The van der Waals surface area contributed by atoms with Crippen LogP contribution in [0.3, 0.4) is 0 Å². The van der Waals surface area contributed by atoms with Crippen molar-refractivity contribution in [1.82, 2.24) is 0 Å². The molecule has 2 nitrogen and oxygen atoms in total. The van der Waals surface area contributed by atoms with E-state index in [9.17, 15) is 0 Å². The molecule has 0 aromatic rings. The molecular weight excluding hydrogens is 104 g/mol. The van der Waals surface area contributed by atoms with Crippen molar-refractivity contribution < 1.29 is 9.47 Å². The van der Waals surface area contributed by atoms with Gasteiger partial charge in [0.1, 0.15) is 6.79 Å². The minimum atomic E-state index is 0.529. The van der Waals surface area contributed by atoms with Crippen molar-refractivity contribution in [2.75, 3.05) is 13.4 Å². The first-order chi connectivity index (χ1) is 3.97. The third-order valence-electron chi connectivity index (χ3n) is 2.05. The van der Waals surface area contributed by atoms with E-state index < -0.39 is 0 Å². The summed E-state index contributed by atoms with van der Waals surface area (Å²) in [6.45, 7) is 1.46. The van der Waals surface area contributed by atoms with Gasteiger partial charge < -0.3 is 9.47 Å². The van der Waals surface area contributed by atoms with Crippen LogP contribution < -0.4 is 0 Å². The van der Waals surface area contributed by atoms with Crippen LogP contribution in [0.1, 0.15) is 12.8 Å². The van der Waals surface area contributed by atoms with Crippen LogP contribution in [0.2, 0.25) is 0 Å². The van der Waals surface area contributed by atoms with Crippen LogP contribution in [0.25, 0.3) is 0 Å². The van der Waals surface area contributed by atoms with E-state index in [4.69, 9.17) is 9.47 Å². The maximum absolute atomic E-state index is 5.25. The zero-order valence-electron chi connectivity index (χ0n) is 4.80. The average molecular weight is 114 g/mol. The highest BCUT2D eigenvalue weighted by Gasteiger charge is 2.34. The van der Waals surface area contributed by atoms with E-state index in [-0.39, 0.29) is 0 Å². The summed E-state index contributed by atoms with van der Waals surface area (Å²) in [6.07, 6.45) is 3.13. The zero-order chi connectivity index (χ0) is 5.40. The molecule has 2 aliphatic rings. The standard InChI is InChI=1S/C6H10O2/c1-2-6-5(1)3-7-4-8-6/h5-6H,1-4H2. The van der Waals surface area contributed by atoms with Gasteiger partial charge in [-0.3, -0.25) is 0 Å². The maximum Gasteiger partial charge on any atom is 0.147 e. The van der Waals surface area contributed by atoms with Crippen molar-refractivity contribution in [3.05, 3.63) is 0 Å². The summed E-state index contributed by atoms with van der Waals surface area (Å²) in [5.41, 5.74) is 0. The summed E-state index contributed by atoms with van der Waals surface area (Å²) in [6, 6.07) is 0. The van der Waals surface area contributed by atoms with Crippen LogP contribution in [0.4, 0.5) is 0 Å². The Labute approximate surface area is 48.8 Å². The summed E-state index contributed by atoms with van der Waals surface area (Å²) in [4.78, 5) is 0. The first-order valence-corrected chi connectivity index (χ1v) is 3.16. The monoisotopic (exact) mass is 114 g/mol. The number of fused-ring (bicyclic) bond motifs is 1. The molecule has 1 aliphatic carbocycles. The van der Waals surface area contributed by atoms with Gasteiger partial charge in [-0.05, 0) is 12.8 Å². The fraction of sp³-hybridized carbons (Fsp3) is 1.00. The third-order valence-corrected chi connectivity index (χ3v) is 2.05. The zero-order valence-corrected chi connectivity index (χ0v) is 4.80. The highest BCUT2D eigenvalue weighted by atomic mass is 16.7. The SMILES string of the molecule is C1OCC2CCC2O1. The highest BCUT2D eigenvalue weighted by Crippen LogP contribution is 2.32. The van der Waals surface area contributed by atoms with Crippen LogP contribution in [-0.2, 0) is 9.47 Å². The van der Waals surface area contributed by atoms with Gasteiger partial charge in [0.25, 0.3) is 0 Å². The molecule has 2 rings (SSSR count). The number of hydrogen-bond donors (Lipinski definition) is 0. The Morgan fingerprint density at radius 3 is 2.62 bits per heavy atom. The Morgan fingerprint density at radius 1 is 1.25 bits per heavy atom. The molecule has 2 fully saturated rings. The largest absolute Gasteiger partial charge is 0.355 e. The summed E-state index contributed by atoms with van der Waals surface area (Å²) in [7, 11) is 0. The Hall–Kier alpha value is -0.0800. The fourth-order valence-corrected chi connectivity index (χ4v) is 1.28. The molecule has 0 spiro atoms. The van der Waals surface area contributed by atoms with Crippen molar-refractivity contribution in [3.8, 4) is 0 Å². The average Bonchev–Trinajstić information content (AvgIpc) is 1.72. The summed E-state index contributed by atoms with van der Waals surface area (Å²) in [5.74, 6) is 0.740. The van der Waals surface area contributed by atoms with Gasteiger partial charge in [0.05, 0.1) is 12.7 Å². The molecule has 0 aromatic heterocycles. The normalized spacial score (nSPS) is 45.0. The van der Waals surface area contributed by atoms with Gasteiger partial charge in [0, 0.05) is 5.92 Å². The fourth-order valence-electron chi connectivity index (χ4n) is 1.28. The molecule has 0 amide bonds. The van der Waals surface area contributed by atoms with Gasteiger partial charge in [-0.2, -0.15) is 0 Å². The van der Waals surface area contributed by atoms with E-state index in [0.717, 1.165) is 12.5 Å². The predicted molar refractivity (Wildman–Crippen MR) is 28.4 cm³/mol. The van der Waals surface area contributed by atoms with Crippen LogP contribution in [0.15, 0.2) is 0 Å². The van der Waals surface area contributed by atoms with Crippen molar-refractivity contribution in [2.45, 2.75) is 18.9 Å². The lowest BCUT2D eigenvalue weighted by Crippen LogP contribution is -2.41. The molecule has 0 N–H and O–H groups in total. The van der Waals surface area contributed by atoms with Crippen LogP contribution >= 0.6 is 0 Å². The molecular formula is C6H10O2. The van der Waals surface area contributed by atoms with E-state index in [2.05, 4.69) is 0 Å². The smallest absolute Gasteiger partial charge is 0.147 e. The lowest BCUT2D eigenvalue weighted by atomic mass is 9.82. The van der Waals surface area contributed by atoms with Crippen molar-refractivity contribution >= 4 is 0 Å². The number of ether oxygens (including phenoxy) is 2. The van der Waals surface area contributed by atoms with Crippen LogP contribution in [0, 0.1) is 5.92 Å². The molecule has 1 saturated heterocycles. The van der Waals surface area contributed by atoms with Crippen molar-refractivity contribution in [2.24, 2.45) is 5.92 Å². The third kappa shape index (κ3) is 0.565. The Balaban J connectivity index is 1.92. The molecule has 8 heavy (non-hydrogen) atoms. The molecule has 46 valence electrons. The molecule has 1 saturated carbocycles. The van der Waals surface area contributed by atoms with Crippen LogP contribution in [-0.4, -0.2) is 19.5 Å². The minimum absolute atomic E-state index is 0.529. The first kappa shape index (κ1) is 4.77. The Kier molecular flexibility index (Phi) is 1.02. The molecule has 0 bridgehead atoms. The molecule has 1 heterocycles. The minimum Gasteiger partial charge on any atom is -0.355 e.